The second kappa shape index (κ2) is 5.65. The largest absolute Gasteiger partial charge is 0.368 e. The molecule has 0 aliphatic rings. The highest BCUT2D eigenvalue weighted by atomic mass is 16.1. The Kier molecular flexibility index (Phi) is 4.22. The van der Waals surface area contributed by atoms with Crippen LogP contribution in [0.4, 0.5) is 5.82 Å². The van der Waals surface area contributed by atoms with Gasteiger partial charge >= 0.3 is 0 Å². The summed E-state index contributed by atoms with van der Waals surface area (Å²) in [6, 6.07) is 4.04. The molecule has 2 N–H and O–H groups in total. The van der Waals surface area contributed by atoms with Crippen molar-refractivity contribution in [2.75, 3.05) is 18.5 Å². The van der Waals surface area contributed by atoms with E-state index in [0.717, 1.165) is 0 Å². The molecule has 18 heavy (non-hydrogen) atoms. The first-order valence-electron chi connectivity index (χ1n) is 5.36. The summed E-state index contributed by atoms with van der Waals surface area (Å²) in [5.74, 6) is -0.141. The fourth-order valence-corrected chi connectivity index (χ4v) is 1.72. The van der Waals surface area contributed by atoms with E-state index < -0.39 is 5.91 Å². The molecule has 0 spiro atoms. The maximum absolute atomic E-state index is 10.9. The van der Waals surface area contributed by atoms with Gasteiger partial charge in [-0.15, -0.1) is 0 Å². The summed E-state index contributed by atoms with van der Waals surface area (Å²) in [7, 11) is 1.62. The van der Waals surface area contributed by atoms with Gasteiger partial charge in [-0.1, -0.05) is 6.92 Å². The molecule has 0 saturated carbocycles. The summed E-state index contributed by atoms with van der Waals surface area (Å²) >= 11 is 0. The van der Waals surface area contributed by atoms with E-state index >= 15 is 0 Å². The van der Waals surface area contributed by atoms with E-state index in [1.54, 1.807) is 7.05 Å². The molecule has 0 radical (unpaired) electrons. The third kappa shape index (κ3) is 2.55. The highest BCUT2D eigenvalue weighted by Gasteiger charge is 2.17. The zero-order valence-electron chi connectivity index (χ0n) is 10.3. The van der Waals surface area contributed by atoms with Gasteiger partial charge in [-0.05, 0) is 12.0 Å². The van der Waals surface area contributed by atoms with Crippen molar-refractivity contribution in [1.82, 2.24) is 4.98 Å². The predicted molar refractivity (Wildman–Crippen MR) is 65.5 cm³/mol. The van der Waals surface area contributed by atoms with E-state index in [9.17, 15) is 10.1 Å². The number of carbonyl (C=O) groups excluding carboxylic acids is 1. The molecule has 0 aliphatic heterocycles. The number of aromatic nitrogens is 1. The lowest BCUT2D eigenvalue weighted by Crippen LogP contribution is -2.31. The smallest absolute Gasteiger partial charge is 0.236 e. The van der Waals surface area contributed by atoms with Gasteiger partial charge in [0.25, 0.3) is 0 Å². The van der Waals surface area contributed by atoms with E-state index in [-0.39, 0.29) is 6.54 Å². The SMILES string of the molecule is CCc1c(C#N)cnc(N(C)CC(N)=O)c1C#N. The van der Waals surface area contributed by atoms with Gasteiger partial charge in [0.15, 0.2) is 0 Å². The van der Waals surface area contributed by atoms with E-state index in [1.807, 2.05) is 19.1 Å². The van der Waals surface area contributed by atoms with Crippen LogP contribution in [-0.4, -0.2) is 24.5 Å². The Hall–Kier alpha value is -2.60. The molecule has 0 atom stereocenters. The maximum Gasteiger partial charge on any atom is 0.236 e. The second-order valence-electron chi connectivity index (χ2n) is 3.75. The van der Waals surface area contributed by atoms with Crippen LogP contribution in [0.2, 0.25) is 0 Å². The van der Waals surface area contributed by atoms with Crippen LogP contribution in [-0.2, 0) is 11.2 Å². The van der Waals surface area contributed by atoms with Crippen LogP contribution in [0.3, 0.4) is 0 Å². The molecular weight excluding hydrogens is 230 g/mol. The highest BCUT2D eigenvalue weighted by Crippen LogP contribution is 2.22. The molecule has 92 valence electrons. The molecule has 6 nitrogen and oxygen atoms in total. The van der Waals surface area contributed by atoms with Crippen molar-refractivity contribution in [1.29, 1.82) is 10.5 Å². The molecule has 1 heterocycles. The number of hydrogen-bond acceptors (Lipinski definition) is 5. The molecule has 0 bridgehead atoms. The molecule has 0 aromatic carbocycles. The number of pyridine rings is 1. The Morgan fingerprint density at radius 3 is 2.61 bits per heavy atom. The first kappa shape index (κ1) is 13.5. The Balaban J connectivity index is 3.35. The fraction of sp³-hybridized carbons (Fsp3) is 0.333. The van der Waals surface area contributed by atoms with Crippen molar-refractivity contribution in [2.24, 2.45) is 5.73 Å². The lowest BCUT2D eigenvalue weighted by molar-refractivity contribution is -0.116. The Bertz CT molecular complexity index is 553. The number of carbonyl (C=O) groups is 1. The van der Waals surface area contributed by atoms with E-state index in [0.29, 0.717) is 28.9 Å². The molecule has 0 unspecified atom stereocenters. The number of anilines is 1. The molecule has 6 heteroatoms. The monoisotopic (exact) mass is 243 g/mol. The Morgan fingerprint density at radius 2 is 2.17 bits per heavy atom. The van der Waals surface area contributed by atoms with Crippen molar-refractivity contribution >= 4 is 11.7 Å². The molecule has 0 saturated heterocycles. The van der Waals surface area contributed by atoms with Crippen LogP contribution in [0.5, 0.6) is 0 Å². The predicted octanol–water partition coefficient (Wildman–Crippen LogP) is 0.309. The van der Waals surface area contributed by atoms with Gasteiger partial charge in [0.05, 0.1) is 17.7 Å². The number of hydrogen-bond donors (Lipinski definition) is 1. The molecule has 1 amide bonds. The highest BCUT2D eigenvalue weighted by molar-refractivity contribution is 5.79. The Morgan fingerprint density at radius 1 is 1.50 bits per heavy atom. The average Bonchev–Trinajstić information content (AvgIpc) is 2.35. The third-order valence-corrected chi connectivity index (χ3v) is 2.51. The average molecular weight is 243 g/mol. The number of rotatable bonds is 4. The fourth-order valence-electron chi connectivity index (χ4n) is 1.72. The molecule has 1 rings (SSSR count). The first-order chi connectivity index (χ1) is 8.54. The van der Waals surface area contributed by atoms with Gasteiger partial charge in [0.2, 0.25) is 5.91 Å². The Labute approximate surface area is 105 Å². The summed E-state index contributed by atoms with van der Waals surface area (Å²) < 4.78 is 0. The van der Waals surface area contributed by atoms with Crippen molar-refractivity contribution in [3.63, 3.8) is 0 Å². The van der Waals surface area contributed by atoms with E-state index in [2.05, 4.69) is 4.98 Å². The van der Waals surface area contributed by atoms with Crippen molar-refractivity contribution in [3.05, 3.63) is 22.9 Å². The minimum Gasteiger partial charge on any atom is -0.368 e. The van der Waals surface area contributed by atoms with Crippen molar-refractivity contribution in [3.8, 4) is 12.1 Å². The number of nitrogens with two attached hydrogens (primary N) is 1. The van der Waals surface area contributed by atoms with Crippen LogP contribution in [0.15, 0.2) is 6.20 Å². The van der Waals surface area contributed by atoms with Crippen molar-refractivity contribution < 1.29 is 4.79 Å². The van der Waals surface area contributed by atoms with Gasteiger partial charge in [0, 0.05) is 13.2 Å². The minimum atomic E-state index is -0.509. The molecule has 1 aromatic heterocycles. The molecule has 1 aromatic rings. The van der Waals surface area contributed by atoms with Gasteiger partial charge in [-0.3, -0.25) is 4.79 Å². The minimum absolute atomic E-state index is 0.0310. The number of primary amides is 1. The van der Waals surface area contributed by atoms with Gasteiger partial charge in [-0.25, -0.2) is 4.98 Å². The number of likely N-dealkylation sites (N-methyl/N-ethyl adjacent to an activating group) is 1. The molecule has 0 fully saturated rings. The molecule has 0 aliphatic carbocycles. The maximum atomic E-state index is 10.9. The second-order valence-corrected chi connectivity index (χ2v) is 3.75. The quantitative estimate of drug-likeness (QED) is 0.818. The summed E-state index contributed by atoms with van der Waals surface area (Å²) in [4.78, 5) is 16.4. The summed E-state index contributed by atoms with van der Waals surface area (Å²) in [5.41, 5.74) is 6.44. The first-order valence-corrected chi connectivity index (χ1v) is 5.36. The number of amides is 1. The van der Waals surface area contributed by atoms with Crippen LogP contribution >= 0.6 is 0 Å². The summed E-state index contributed by atoms with van der Waals surface area (Å²) in [6.07, 6.45) is 1.96. The van der Waals surface area contributed by atoms with Crippen LogP contribution in [0, 0.1) is 22.7 Å². The van der Waals surface area contributed by atoms with Crippen LogP contribution in [0.1, 0.15) is 23.6 Å². The standard InChI is InChI=1S/C12H13N5O/c1-3-9-8(4-13)6-16-12(10(9)5-14)17(2)7-11(15)18/h6H,3,7H2,1-2H3,(H2,15,18). The zero-order valence-corrected chi connectivity index (χ0v) is 10.3. The van der Waals surface area contributed by atoms with Gasteiger partial charge in [-0.2, -0.15) is 10.5 Å². The number of nitrogens with zero attached hydrogens (tertiary/aromatic N) is 4. The van der Waals surface area contributed by atoms with E-state index in [4.69, 9.17) is 11.0 Å². The lowest BCUT2D eigenvalue weighted by atomic mass is 10.0. The van der Waals surface area contributed by atoms with E-state index in [1.165, 1.54) is 11.1 Å². The van der Waals surface area contributed by atoms with Crippen LogP contribution < -0.4 is 10.6 Å². The lowest BCUT2D eigenvalue weighted by Gasteiger charge is -2.19. The topological polar surface area (TPSA) is 107 Å². The van der Waals surface area contributed by atoms with Gasteiger partial charge in [0.1, 0.15) is 18.0 Å². The van der Waals surface area contributed by atoms with Gasteiger partial charge < -0.3 is 10.6 Å². The number of nitriles is 2. The summed E-state index contributed by atoms with van der Waals surface area (Å²) in [6.45, 7) is 1.83. The zero-order chi connectivity index (χ0) is 13.7. The summed E-state index contributed by atoms with van der Waals surface area (Å²) in [5, 5.41) is 18.1. The van der Waals surface area contributed by atoms with Crippen molar-refractivity contribution in [2.45, 2.75) is 13.3 Å². The third-order valence-electron chi connectivity index (χ3n) is 2.51. The normalized spacial score (nSPS) is 9.33. The van der Waals surface area contributed by atoms with Crippen LogP contribution in [0.25, 0.3) is 0 Å². The molecular formula is C12H13N5O.